The summed E-state index contributed by atoms with van der Waals surface area (Å²) < 4.78 is 2.18. The highest BCUT2D eigenvalue weighted by atomic mass is 32.2. The molecule has 0 spiro atoms. The number of hydrogen-bond donors (Lipinski definition) is 0. The normalized spacial score (nSPS) is 21.1. The van der Waals surface area contributed by atoms with Crippen LogP contribution in [0.3, 0.4) is 0 Å². The fourth-order valence-electron chi connectivity index (χ4n) is 3.02. The highest BCUT2D eigenvalue weighted by molar-refractivity contribution is 8.00. The Morgan fingerprint density at radius 3 is 2.55 bits per heavy atom. The van der Waals surface area contributed by atoms with Gasteiger partial charge >= 0.3 is 0 Å². The Hall–Kier alpha value is -1.04. The van der Waals surface area contributed by atoms with Crippen molar-refractivity contribution in [2.45, 2.75) is 69.3 Å². The molecule has 1 atom stereocenters. The van der Waals surface area contributed by atoms with Gasteiger partial charge in [0.05, 0.1) is 5.25 Å². The van der Waals surface area contributed by atoms with E-state index in [1.165, 1.54) is 12.8 Å². The van der Waals surface area contributed by atoms with Crippen molar-refractivity contribution in [1.82, 2.24) is 19.7 Å². The van der Waals surface area contributed by atoms with Crippen LogP contribution < -0.4 is 0 Å². The number of amides is 1. The Morgan fingerprint density at radius 1 is 1.27 bits per heavy atom. The van der Waals surface area contributed by atoms with Crippen molar-refractivity contribution in [3.05, 3.63) is 5.82 Å². The van der Waals surface area contributed by atoms with Gasteiger partial charge in [-0.1, -0.05) is 18.7 Å². The maximum absolute atomic E-state index is 12.6. The molecule has 0 bridgehead atoms. The Morgan fingerprint density at radius 2 is 1.95 bits per heavy atom. The number of rotatable bonds is 5. The lowest BCUT2D eigenvalue weighted by atomic mass is 9.99. The van der Waals surface area contributed by atoms with E-state index in [1.54, 1.807) is 11.8 Å². The van der Waals surface area contributed by atoms with Crippen LogP contribution in [0.1, 0.15) is 58.2 Å². The molecule has 22 heavy (non-hydrogen) atoms. The van der Waals surface area contributed by atoms with Crippen molar-refractivity contribution in [3.8, 4) is 0 Å². The summed E-state index contributed by atoms with van der Waals surface area (Å²) in [5, 5.41) is 9.49. The Kier molecular flexibility index (Phi) is 4.76. The molecule has 1 saturated carbocycles. The first kappa shape index (κ1) is 15.8. The molecule has 0 radical (unpaired) electrons. The van der Waals surface area contributed by atoms with Crippen molar-refractivity contribution in [2.75, 3.05) is 13.1 Å². The summed E-state index contributed by atoms with van der Waals surface area (Å²) >= 11 is 1.56. The summed E-state index contributed by atoms with van der Waals surface area (Å²) in [6.07, 6.45) is 4.70. The zero-order chi connectivity index (χ0) is 15.7. The second-order valence-electron chi connectivity index (χ2n) is 6.63. The van der Waals surface area contributed by atoms with Crippen LogP contribution in [-0.4, -0.2) is 43.9 Å². The third-order valence-corrected chi connectivity index (χ3v) is 5.80. The molecule has 122 valence electrons. The summed E-state index contributed by atoms with van der Waals surface area (Å²) in [5.74, 6) is 2.69. The molecule has 6 heteroatoms. The Balaban J connectivity index is 1.63. The van der Waals surface area contributed by atoms with Gasteiger partial charge in [-0.05, 0) is 45.4 Å². The molecule has 1 aliphatic heterocycles. The summed E-state index contributed by atoms with van der Waals surface area (Å²) in [5.41, 5.74) is 0. The van der Waals surface area contributed by atoms with Crippen LogP contribution in [0.15, 0.2) is 5.16 Å². The molecule has 1 unspecified atom stereocenters. The van der Waals surface area contributed by atoms with Gasteiger partial charge in [-0.2, -0.15) is 0 Å². The van der Waals surface area contributed by atoms with Gasteiger partial charge in [-0.25, -0.2) is 0 Å². The van der Waals surface area contributed by atoms with Gasteiger partial charge in [0.2, 0.25) is 5.91 Å². The minimum Gasteiger partial charge on any atom is -0.342 e. The van der Waals surface area contributed by atoms with E-state index < -0.39 is 0 Å². The minimum absolute atomic E-state index is 0.0880. The number of piperidine rings is 1. The average Bonchev–Trinajstić information content (AvgIpc) is 3.29. The second-order valence-corrected chi connectivity index (χ2v) is 7.94. The summed E-state index contributed by atoms with van der Waals surface area (Å²) in [6.45, 7) is 9.07. The van der Waals surface area contributed by atoms with E-state index in [1.807, 2.05) is 11.8 Å². The van der Waals surface area contributed by atoms with Gasteiger partial charge in [0, 0.05) is 25.6 Å². The molecule has 3 rings (SSSR count). The molecule has 1 amide bonds. The molecule has 0 aromatic carbocycles. The van der Waals surface area contributed by atoms with Crippen molar-refractivity contribution in [3.63, 3.8) is 0 Å². The zero-order valence-corrected chi connectivity index (χ0v) is 14.6. The number of likely N-dealkylation sites (tertiary alicyclic amines) is 1. The summed E-state index contributed by atoms with van der Waals surface area (Å²) in [6, 6.07) is 0. The lowest BCUT2D eigenvalue weighted by Gasteiger charge is -2.31. The highest BCUT2D eigenvalue weighted by Gasteiger charge is 2.31. The van der Waals surface area contributed by atoms with Crippen molar-refractivity contribution in [1.29, 1.82) is 0 Å². The highest BCUT2D eigenvalue weighted by Crippen LogP contribution is 2.40. The number of aromatic nitrogens is 3. The average molecular weight is 322 g/mol. The minimum atomic E-state index is -0.0880. The molecule has 1 saturated heterocycles. The van der Waals surface area contributed by atoms with E-state index in [4.69, 9.17) is 0 Å². The number of hydrogen-bond acceptors (Lipinski definition) is 4. The van der Waals surface area contributed by atoms with Gasteiger partial charge in [0.15, 0.2) is 5.16 Å². The van der Waals surface area contributed by atoms with Crippen LogP contribution in [0.2, 0.25) is 0 Å². The first-order valence-electron chi connectivity index (χ1n) is 8.48. The molecule has 1 aromatic heterocycles. The van der Waals surface area contributed by atoms with E-state index in [9.17, 15) is 4.79 Å². The van der Waals surface area contributed by atoms with Crippen LogP contribution in [0.25, 0.3) is 0 Å². The van der Waals surface area contributed by atoms with Gasteiger partial charge < -0.3 is 9.47 Å². The van der Waals surface area contributed by atoms with E-state index >= 15 is 0 Å². The summed E-state index contributed by atoms with van der Waals surface area (Å²) in [4.78, 5) is 14.6. The van der Waals surface area contributed by atoms with Crippen LogP contribution >= 0.6 is 11.8 Å². The number of carbonyl (C=O) groups is 1. The van der Waals surface area contributed by atoms with Gasteiger partial charge in [0.25, 0.3) is 0 Å². The topological polar surface area (TPSA) is 51.0 Å². The third kappa shape index (κ3) is 3.31. The van der Waals surface area contributed by atoms with Crippen molar-refractivity contribution in [2.24, 2.45) is 5.92 Å². The first-order valence-corrected chi connectivity index (χ1v) is 9.36. The molecule has 1 aromatic rings. The molecule has 5 nitrogen and oxygen atoms in total. The predicted molar refractivity (Wildman–Crippen MR) is 88.0 cm³/mol. The zero-order valence-electron chi connectivity index (χ0n) is 13.8. The standard InChI is InChI=1S/C16H26N4OS/c1-4-20-14(13-5-6-13)17-18-16(20)22-12(3)15(21)19-9-7-11(2)8-10-19/h11-13H,4-10H2,1-3H3. The van der Waals surface area contributed by atoms with Crippen LogP contribution in [-0.2, 0) is 11.3 Å². The Bertz CT molecular complexity index is 532. The quantitative estimate of drug-likeness (QED) is 0.782. The SMILES string of the molecule is CCn1c(SC(C)C(=O)N2CCC(C)CC2)nnc1C1CC1. The molecule has 1 aliphatic carbocycles. The van der Waals surface area contributed by atoms with Crippen LogP contribution in [0, 0.1) is 5.92 Å². The van der Waals surface area contributed by atoms with Crippen LogP contribution in [0.5, 0.6) is 0 Å². The third-order valence-electron chi connectivity index (χ3n) is 4.73. The predicted octanol–water partition coefficient (Wildman–Crippen LogP) is 2.91. The van der Waals surface area contributed by atoms with E-state index in [2.05, 4.69) is 28.6 Å². The smallest absolute Gasteiger partial charge is 0.235 e. The van der Waals surface area contributed by atoms with Crippen molar-refractivity contribution < 1.29 is 4.79 Å². The maximum Gasteiger partial charge on any atom is 0.235 e. The number of nitrogens with zero attached hydrogens (tertiary/aromatic N) is 4. The van der Waals surface area contributed by atoms with Gasteiger partial charge in [0.1, 0.15) is 5.82 Å². The summed E-state index contributed by atoms with van der Waals surface area (Å²) in [7, 11) is 0. The fourth-order valence-corrected chi connectivity index (χ4v) is 4.03. The van der Waals surface area contributed by atoms with E-state index in [0.717, 1.165) is 49.4 Å². The van der Waals surface area contributed by atoms with E-state index in [-0.39, 0.29) is 11.2 Å². The first-order chi connectivity index (χ1) is 10.6. The monoisotopic (exact) mass is 322 g/mol. The number of thioether (sulfide) groups is 1. The van der Waals surface area contributed by atoms with Gasteiger partial charge in [-0.15, -0.1) is 10.2 Å². The van der Waals surface area contributed by atoms with Crippen molar-refractivity contribution >= 4 is 17.7 Å². The van der Waals surface area contributed by atoms with E-state index in [0.29, 0.717) is 5.92 Å². The second kappa shape index (κ2) is 6.60. The molecule has 2 aliphatic rings. The fraction of sp³-hybridized carbons (Fsp3) is 0.812. The largest absolute Gasteiger partial charge is 0.342 e. The van der Waals surface area contributed by atoms with Crippen LogP contribution in [0.4, 0.5) is 0 Å². The molecule has 2 fully saturated rings. The molecule has 0 N–H and O–H groups in total. The number of carbonyl (C=O) groups excluding carboxylic acids is 1. The Labute approximate surface area is 136 Å². The maximum atomic E-state index is 12.6. The van der Waals surface area contributed by atoms with Gasteiger partial charge in [-0.3, -0.25) is 4.79 Å². The lowest BCUT2D eigenvalue weighted by molar-refractivity contribution is -0.131. The lowest BCUT2D eigenvalue weighted by Crippen LogP contribution is -2.41. The molecule has 2 heterocycles. The molecular weight excluding hydrogens is 296 g/mol. The molecular formula is C16H26N4OS.